The van der Waals surface area contributed by atoms with Gasteiger partial charge in [0.2, 0.25) is 6.41 Å². The van der Waals surface area contributed by atoms with Crippen molar-refractivity contribution in [3.8, 4) is 0 Å². The van der Waals surface area contributed by atoms with Crippen LogP contribution in [0.4, 0.5) is 5.69 Å². The molecule has 0 aliphatic heterocycles. The Balaban J connectivity index is 1.53. The lowest BCUT2D eigenvalue weighted by Crippen LogP contribution is -2.22. The summed E-state index contributed by atoms with van der Waals surface area (Å²) in [5, 5.41) is 14.1. The molecule has 2 aromatic carbocycles. The largest absolute Gasteiger partial charge is 0.478 e. The van der Waals surface area contributed by atoms with Crippen molar-refractivity contribution in [1.29, 1.82) is 0 Å². The molecule has 1 N–H and O–H groups in total. The first-order valence-electron chi connectivity index (χ1n) is 11.3. The van der Waals surface area contributed by atoms with E-state index in [1.54, 1.807) is 53.0 Å². The number of nitrogens with zero attached hydrogens (tertiary/aromatic N) is 4. The molecule has 0 aliphatic carbocycles. The van der Waals surface area contributed by atoms with Gasteiger partial charge in [-0.15, -0.1) is 0 Å². The van der Waals surface area contributed by atoms with Crippen molar-refractivity contribution in [1.82, 2.24) is 14.3 Å². The van der Waals surface area contributed by atoms with Gasteiger partial charge in [0.15, 0.2) is 0 Å². The number of amides is 1. The zero-order valence-corrected chi connectivity index (χ0v) is 19.8. The molecular formula is C27H26N4O5. The number of carboxylic acids is 1. The Hall–Kier alpha value is -4.50. The van der Waals surface area contributed by atoms with Crippen molar-refractivity contribution in [2.75, 3.05) is 12.0 Å². The molecule has 0 spiro atoms. The number of hydrogen-bond acceptors (Lipinski definition) is 5. The molecule has 9 heteroatoms. The van der Waals surface area contributed by atoms with Crippen LogP contribution in [0, 0.1) is 0 Å². The fourth-order valence-electron chi connectivity index (χ4n) is 3.97. The normalized spacial score (nSPS) is 10.8. The summed E-state index contributed by atoms with van der Waals surface area (Å²) in [6.45, 7) is 1.22. The molecule has 36 heavy (non-hydrogen) atoms. The Morgan fingerprint density at radius 3 is 2.39 bits per heavy atom. The van der Waals surface area contributed by atoms with E-state index in [0.717, 1.165) is 11.1 Å². The number of aromatic nitrogens is 3. The number of hydrogen-bond donors (Lipinski definition) is 1. The number of methoxy groups -OCH3 is 1. The van der Waals surface area contributed by atoms with E-state index in [2.05, 4.69) is 5.10 Å². The van der Waals surface area contributed by atoms with Crippen molar-refractivity contribution >= 4 is 18.1 Å². The van der Waals surface area contributed by atoms with Crippen molar-refractivity contribution in [3.05, 3.63) is 117 Å². The highest BCUT2D eigenvalue weighted by molar-refractivity contribution is 5.90. The molecule has 0 aliphatic rings. The van der Waals surface area contributed by atoms with Crippen LogP contribution in [0.3, 0.4) is 0 Å². The van der Waals surface area contributed by atoms with Gasteiger partial charge in [-0.1, -0.05) is 48.5 Å². The number of benzene rings is 2. The topological polar surface area (TPSA) is 107 Å². The van der Waals surface area contributed by atoms with Gasteiger partial charge in [0.1, 0.15) is 5.69 Å². The number of carbonyl (C=O) groups is 2. The highest BCUT2D eigenvalue weighted by atomic mass is 16.5. The van der Waals surface area contributed by atoms with E-state index in [9.17, 15) is 19.5 Å². The number of carboxylic acid groups (broad SMARTS) is 1. The fraction of sp³-hybridized carbons (Fsp3) is 0.185. The van der Waals surface area contributed by atoms with E-state index < -0.39 is 5.97 Å². The number of anilines is 1. The van der Waals surface area contributed by atoms with Gasteiger partial charge < -0.3 is 19.3 Å². The third-order valence-electron chi connectivity index (χ3n) is 5.74. The van der Waals surface area contributed by atoms with Crippen LogP contribution < -0.4 is 10.5 Å². The lowest BCUT2D eigenvalue weighted by atomic mass is 10.1. The molecule has 2 heterocycles. The summed E-state index contributed by atoms with van der Waals surface area (Å²) in [6.07, 6.45) is 4.18. The van der Waals surface area contributed by atoms with Crippen LogP contribution in [-0.2, 0) is 35.8 Å². The molecule has 184 valence electrons. The van der Waals surface area contributed by atoms with Crippen LogP contribution in [0.15, 0.2) is 83.9 Å². The van der Waals surface area contributed by atoms with Gasteiger partial charge in [0.05, 0.1) is 37.5 Å². The van der Waals surface area contributed by atoms with E-state index in [4.69, 9.17) is 4.74 Å². The second kappa shape index (κ2) is 11.3. The van der Waals surface area contributed by atoms with Crippen molar-refractivity contribution < 1.29 is 19.4 Å². The minimum Gasteiger partial charge on any atom is -0.478 e. The zero-order valence-electron chi connectivity index (χ0n) is 19.8. The van der Waals surface area contributed by atoms with E-state index in [1.807, 2.05) is 30.3 Å². The first-order chi connectivity index (χ1) is 17.5. The second-order valence-electron chi connectivity index (χ2n) is 8.27. The monoisotopic (exact) mass is 486 g/mol. The van der Waals surface area contributed by atoms with E-state index in [-0.39, 0.29) is 24.3 Å². The molecule has 9 nitrogen and oxygen atoms in total. The maximum atomic E-state index is 12.0. The summed E-state index contributed by atoms with van der Waals surface area (Å²) < 4.78 is 8.64. The number of carbonyl (C=O) groups excluding carboxylic acids is 1. The lowest BCUT2D eigenvalue weighted by molar-refractivity contribution is -0.107. The van der Waals surface area contributed by atoms with Crippen LogP contribution in [0.1, 0.15) is 32.7 Å². The van der Waals surface area contributed by atoms with Crippen LogP contribution in [0.25, 0.3) is 0 Å². The molecular weight excluding hydrogens is 460 g/mol. The van der Waals surface area contributed by atoms with Gasteiger partial charge >= 0.3 is 5.97 Å². The molecule has 0 fully saturated rings. The Morgan fingerprint density at radius 1 is 1.03 bits per heavy atom. The first kappa shape index (κ1) is 24.6. The Morgan fingerprint density at radius 2 is 1.72 bits per heavy atom. The van der Waals surface area contributed by atoms with Crippen molar-refractivity contribution in [2.45, 2.75) is 26.2 Å². The molecule has 2 aromatic heterocycles. The molecule has 4 rings (SSSR count). The minimum atomic E-state index is -1.05. The third kappa shape index (κ3) is 5.76. The molecule has 0 saturated heterocycles. The average molecular weight is 487 g/mol. The minimum absolute atomic E-state index is 0.0537. The number of rotatable bonds is 11. The van der Waals surface area contributed by atoms with E-state index in [1.165, 1.54) is 17.0 Å². The van der Waals surface area contributed by atoms with Gasteiger partial charge in [0, 0.05) is 25.6 Å². The zero-order chi connectivity index (χ0) is 25.5. The summed E-state index contributed by atoms with van der Waals surface area (Å²) in [4.78, 5) is 37.0. The predicted molar refractivity (Wildman–Crippen MR) is 134 cm³/mol. The average Bonchev–Trinajstić information content (AvgIpc) is 3.27. The van der Waals surface area contributed by atoms with Gasteiger partial charge in [-0.05, 0) is 28.8 Å². The molecule has 0 radical (unpaired) electrons. The van der Waals surface area contributed by atoms with Gasteiger partial charge in [0.25, 0.3) is 5.56 Å². The smallest absolute Gasteiger partial charge is 0.336 e. The molecule has 0 bridgehead atoms. The summed E-state index contributed by atoms with van der Waals surface area (Å²) in [6, 6.07) is 19.5. The highest BCUT2D eigenvalue weighted by Gasteiger charge is 2.19. The molecule has 0 unspecified atom stereocenters. The maximum absolute atomic E-state index is 12.0. The number of aromatic carboxylic acids is 1. The standard InChI is InChI=1S/C27H26N4O5/c1-36-18-24-25(30(19-32)16-22-6-2-3-7-23(22)27(34)35)17-31(28-24)15-21-11-9-20(10-12-21)14-29-13-5-4-8-26(29)33/h2-13,17,19H,14-16,18H2,1H3,(H,34,35). The van der Waals surface area contributed by atoms with Crippen molar-refractivity contribution in [2.24, 2.45) is 0 Å². The van der Waals surface area contributed by atoms with Crippen LogP contribution in [0.5, 0.6) is 0 Å². The first-order valence-corrected chi connectivity index (χ1v) is 11.3. The maximum Gasteiger partial charge on any atom is 0.336 e. The molecule has 1 amide bonds. The van der Waals surface area contributed by atoms with Gasteiger partial charge in [-0.25, -0.2) is 4.79 Å². The van der Waals surface area contributed by atoms with Crippen molar-refractivity contribution in [3.63, 3.8) is 0 Å². The fourth-order valence-corrected chi connectivity index (χ4v) is 3.97. The lowest BCUT2D eigenvalue weighted by Gasteiger charge is -2.18. The highest BCUT2D eigenvalue weighted by Crippen LogP contribution is 2.23. The number of pyridine rings is 1. The van der Waals surface area contributed by atoms with Crippen LogP contribution >= 0.6 is 0 Å². The predicted octanol–water partition coefficient (Wildman–Crippen LogP) is 3.15. The van der Waals surface area contributed by atoms with Crippen LogP contribution in [0.2, 0.25) is 0 Å². The van der Waals surface area contributed by atoms with Gasteiger partial charge in [-0.3, -0.25) is 14.3 Å². The SMILES string of the molecule is COCc1nn(Cc2ccc(Cn3ccccc3=O)cc2)cc1N(C=O)Cc1ccccc1C(=O)O. The van der Waals surface area contributed by atoms with E-state index >= 15 is 0 Å². The van der Waals surface area contributed by atoms with Crippen LogP contribution in [-0.4, -0.2) is 38.9 Å². The van der Waals surface area contributed by atoms with E-state index in [0.29, 0.717) is 36.4 Å². The molecule has 0 saturated carbocycles. The molecule has 4 aromatic rings. The molecule has 0 atom stereocenters. The third-order valence-corrected chi connectivity index (χ3v) is 5.74. The Kier molecular flexibility index (Phi) is 7.72. The number of ether oxygens (including phenoxy) is 1. The summed E-state index contributed by atoms with van der Waals surface area (Å²) in [5.74, 6) is -1.05. The summed E-state index contributed by atoms with van der Waals surface area (Å²) in [5.41, 5.74) is 3.71. The summed E-state index contributed by atoms with van der Waals surface area (Å²) >= 11 is 0. The Labute approximate surface area is 207 Å². The summed E-state index contributed by atoms with van der Waals surface area (Å²) in [7, 11) is 1.55. The second-order valence-corrected chi connectivity index (χ2v) is 8.27. The quantitative estimate of drug-likeness (QED) is 0.327. The Bertz CT molecular complexity index is 1410. The van der Waals surface area contributed by atoms with Gasteiger partial charge in [-0.2, -0.15) is 5.10 Å².